The molecule has 0 aromatic heterocycles. The fourth-order valence-electron chi connectivity index (χ4n) is 3.36. The van der Waals surface area contributed by atoms with Crippen LogP contribution in [0.15, 0.2) is 59.5 Å². The molecule has 1 fully saturated rings. The summed E-state index contributed by atoms with van der Waals surface area (Å²) < 4.78 is 32.6. The largest absolute Gasteiger partial charge is 0.491 e. The molecule has 0 spiro atoms. The van der Waals surface area contributed by atoms with Gasteiger partial charge < -0.3 is 10.1 Å². The smallest absolute Gasteiger partial charge is 0.243 e. The summed E-state index contributed by atoms with van der Waals surface area (Å²) in [6, 6.07) is 16.1. The molecule has 1 heterocycles. The van der Waals surface area contributed by atoms with Gasteiger partial charge in [-0.1, -0.05) is 35.9 Å². The highest BCUT2D eigenvalue weighted by Gasteiger charge is 2.32. The lowest BCUT2D eigenvalue weighted by Gasteiger charge is -2.31. The van der Waals surface area contributed by atoms with Crippen molar-refractivity contribution in [3.05, 3.63) is 60.2 Å². The lowest BCUT2D eigenvalue weighted by Crippen LogP contribution is -2.45. The predicted octanol–water partition coefficient (Wildman–Crippen LogP) is 2.98. The molecule has 0 aliphatic carbocycles. The van der Waals surface area contributed by atoms with Gasteiger partial charge in [-0.15, -0.1) is 0 Å². The summed E-state index contributed by atoms with van der Waals surface area (Å²) in [5.41, 5.74) is 1.17. The van der Waals surface area contributed by atoms with Crippen LogP contribution in [-0.2, 0) is 14.8 Å². The van der Waals surface area contributed by atoms with Crippen LogP contribution in [0.1, 0.15) is 25.3 Å². The first-order valence-corrected chi connectivity index (χ1v) is 11.4. The average Bonchev–Trinajstić information content (AvgIpc) is 2.74. The number of piperidine rings is 1. The molecule has 0 bridgehead atoms. The van der Waals surface area contributed by atoms with Crippen LogP contribution in [0, 0.1) is 12.8 Å². The maximum atomic E-state index is 12.7. The summed E-state index contributed by atoms with van der Waals surface area (Å²) >= 11 is 0. The molecule has 29 heavy (non-hydrogen) atoms. The third-order valence-corrected chi connectivity index (χ3v) is 7.03. The highest BCUT2D eigenvalue weighted by atomic mass is 32.2. The minimum absolute atomic E-state index is 0.0400. The monoisotopic (exact) mass is 416 g/mol. The number of nitrogens with zero attached hydrogens (tertiary/aromatic N) is 1. The molecule has 0 radical (unpaired) electrons. The molecule has 1 N–H and O–H groups in total. The third-order valence-electron chi connectivity index (χ3n) is 5.12. The topological polar surface area (TPSA) is 75.7 Å². The van der Waals surface area contributed by atoms with Crippen molar-refractivity contribution in [3.63, 3.8) is 0 Å². The van der Waals surface area contributed by atoms with Gasteiger partial charge in [-0.2, -0.15) is 4.31 Å². The van der Waals surface area contributed by atoms with E-state index >= 15 is 0 Å². The van der Waals surface area contributed by atoms with Crippen molar-refractivity contribution in [3.8, 4) is 5.75 Å². The van der Waals surface area contributed by atoms with Gasteiger partial charge in [0.25, 0.3) is 0 Å². The molecular weight excluding hydrogens is 388 g/mol. The SMILES string of the molecule is Cc1ccc(OC[C@@H](C)NC(=O)C2CCN(S(=O)(=O)c3ccccc3)CC2)cc1. The molecule has 0 saturated carbocycles. The average molecular weight is 417 g/mol. The number of hydrogen-bond acceptors (Lipinski definition) is 4. The van der Waals surface area contributed by atoms with Crippen LogP contribution in [0.3, 0.4) is 0 Å². The third kappa shape index (κ3) is 5.58. The molecule has 6 nitrogen and oxygen atoms in total. The molecule has 0 unspecified atom stereocenters. The summed E-state index contributed by atoms with van der Waals surface area (Å²) in [6.07, 6.45) is 1.03. The van der Waals surface area contributed by atoms with E-state index in [-0.39, 0.29) is 17.9 Å². The molecule has 1 aliphatic rings. The second-order valence-corrected chi connectivity index (χ2v) is 9.46. The van der Waals surface area contributed by atoms with Crippen molar-refractivity contribution in [2.45, 2.75) is 37.6 Å². The van der Waals surface area contributed by atoms with Crippen LogP contribution < -0.4 is 10.1 Å². The van der Waals surface area contributed by atoms with E-state index in [9.17, 15) is 13.2 Å². The van der Waals surface area contributed by atoms with Crippen LogP contribution in [0.4, 0.5) is 0 Å². The van der Waals surface area contributed by atoms with Crippen LogP contribution in [0.5, 0.6) is 5.75 Å². The van der Waals surface area contributed by atoms with E-state index in [4.69, 9.17) is 4.74 Å². The second kappa shape index (κ2) is 9.41. The van der Waals surface area contributed by atoms with Gasteiger partial charge in [0.2, 0.25) is 15.9 Å². The van der Waals surface area contributed by atoms with Crippen molar-refractivity contribution in [1.82, 2.24) is 9.62 Å². The first-order chi connectivity index (χ1) is 13.9. The van der Waals surface area contributed by atoms with Crippen LogP contribution in [0.2, 0.25) is 0 Å². The van der Waals surface area contributed by atoms with Gasteiger partial charge >= 0.3 is 0 Å². The zero-order valence-corrected chi connectivity index (χ0v) is 17.7. The van der Waals surface area contributed by atoms with Crippen molar-refractivity contribution in [2.24, 2.45) is 5.92 Å². The van der Waals surface area contributed by atoms with E-state index in [0.717, 1.165) is 5.75 Å². The Balaban J connectivity index is 1.46. The molecule has 1 saturated heterocycles. The van der Waals surface area contributed by atoms with E-state index in [1.54, 1.807) is 30.3 Å². The Bertz CT molecular complexity index is 906. The number of aryl methyl sites for hydroxylation is 1. The van der Waals surface area contributed by atoms with Gasteiger partial charge in [0.1, 0.15) is 12.4 Å². The minimum Gasteiger partial charge on any atom is -0.491 e. The van der Waals surface area contributed by atoms with Gasteiger partial charge in [0.15, 0.2) is 0 Å². The summed E-state index contributed by atoms with van der Waals surface area (Å²) in [5, 5.41) is 2.98. The summed E-state index contributed by atoms with van der Waals surface area (Å²) in [4.78, 5) is 12.9. The molecule has 2 aromatic rings. The first-order valence-electron chi connectivity index (χ1n) is 9.91. The van der Waals surface area contributed by atoms with Crippen molar-refractivity contribution < 1.29 is 17.9 Å². The Kier molecular flexibility index (Phi) is 6.92. The Morgan fingerprint density at radius 1 is 1.10 bits per heavy atom. The van der Waals surface area contributed by atoms with Crippen molar-refractivity contribution in [1.29, 1.82) is 0 Å². The van der Waals surface area contributed by atoms with Crippen LogP contribution >= 0.6 is 0 Å². The van der Waals surface area contributed by atoms with Gasteiger partial charge in [0, 0.05) is 19.0 Å². The highest BCUT2D eigenvalue weighted by molar-refractivity contribution is 7.89. The molecule has 7 heteroatoms. The second-order valence-electron chi connectivity index (χ2n) is 7.53. The number of carbonyl (C=O) groups is 1. The molecule has 156 valence electrons. The fourth-order valence-corrected chi connectivity index (χ4v) is 4.85. The maximum Gasteiger partial charge on any atom is 0.243 e. The molecule has 1 atom stereocenters. The van der Waals surface area contributed by atoms with E-state index in [1.165, 1.54) is 9.87 Å². The maximum absolute atomic E-state index is 12.7. The summed E-state index contributed by atoms with van der Waals surface area (Å²) in [7, 11) is -3.49. The van der Waals surface area contributed by atoms with Gasteiger partial charge in [-0.3, -0.25) is 4.79 Å². The normalized spacial score (nSPS) is 16.9. The van der Waals surface area contributed by atoms with Crippen molar-refractivity contribution in [2.75, 3.05) is 19.7 Å². The first kappa shape index (κ1) is 21.3. The quantitative estimate of drug-likeness (QED) is 0.753. The molecule has 2 aromatic carbocycles. The van der Waals surface area contributed by atoms with Gasteiger partial charge in [-0.05, 0) is 51.0 Å². The minimum atomic E-state index is -3.49. The van der Waals surface area contributed by atoms with Gasteiger partial charge in [0.05, 0.1) is 10.9 Å². The zero-order chi connectivity index (χ0) is 20.9. The van der Waals surface area contributed by atoms with Crippen LogP contribution in [-0.4, -0.2) is 44.4 Å². The number of hydrogen-bond donors (Lipinski definition) is 1. The van der Waals surface area contributed by atoms with E-state index in [1.807, 2.05) is 38.1 Å². The van der Waals surface area contributed by atoms with Crippen LogP contribution in [0.25, 0.3) is 0 Å². The predicted molar refractivity (Wildman–Crippen MR) is 112 cm³/mol. The summed E-state index contributed by atoms with van der Waals surface area (Å²) in [6.45, 7) is 5.01. The zero-order valence-electron chi connectivity index (χ0n) is 16.9. The Morgan fingerprint density at radius 2 is 1.72 bits per heavy atom. The standard InChI is InChI=1S/C22H28N2O4S/c1-17-8-10-20(11-9-17)28-16-18(2)23-22(25)19-12-14-24(15-13-19)29(26,27)21-6-4-3-5-7-21/h3-11,18-19H,12-16H2,1-2H3,(H,23,25)/t18-/m1/s1. The van der Waals surface area contributed by atoms with E-state index in [0.29, 0.717) is 37.4 Å². The number of sulfonamides is 1. The number of rotatable bonds is 7. The molecule has 3 rings (SSSR count). The number of ether oxygens (including phenoxy) is 1. The Hall–Kier alpha value is -2.38. The Morgan fingerprint density at radius 3 is 2.34 bits per heavy atom. The number of nitrogens with one attached hydrogen (secondary N) is 1. The van der Waals surface area contributed by atoms with Crippen molar-refractivity contribution >= 4 is 15.9 Å². The number of amides is 1. The lowest BCUT2D eigenvalue weighted by atomic mass is 9.97. The fraction of sp³-hybridized carbons (Fsp3) is 0.409. The number of benzene rings is 2. The molecule has 1 aliphatic heterocycles. The highest BCUT2D eigenvalue weighted by Crippen LogP contribution is 2.24. The lowest BCUT2D eigenvalue weighted by molar-refractivity contribution is -0.126. The molecule has 1 amide bonds. The van der Waals surface area contributed by atoms with Gasteiger partial charge in [-0.25, -0.2) is 8.42 Å². The Labute approximate surface area is 172 Å². The van der Waals surface area contributed by atoms with E-state index in [2.05, 4.69) is 5.32 Å². The summed E-state index contributed by atoms with van der Waals surface area (Å²) in [5.74, 6) is 0.553. The van der Waals surface area contributed by atoms with E-state index < -0.39 is 10.0 Å². The molecular formula is C22H28N2O4S. The number of carbonyl (C=O) groups excluding carboxylic acids is 1.